The fourth-order valence-electron chi connectivity index (χ4n) is 4.81. The Hall–Kier alpha value is -2.86. The number of fused-ring (bicyclic) bond motifs is 1. The van der Waals surface area contributed by atoms with Gasteiger partial charge >= 0.3 is 29.4 Å². The number of phosphoric ester groups is 3. The van der Waals surface area contributed by atoms with Crippen LogP contribution in [-0.4, -0.2) is 115 Å². The molecule has 5 heterocycles. The van der Waals surface area contributed by atoms with E-state index in [4.69, 9.17) is 15.2 Å². The van der Waals surface area contributed by atoms with E-state index in [0.717, 1.165) is 28.0 Å². The summed E-state index contributed by atoms with van der Waals surface area (Å²) in [4.78, 5) is 61.9. The second-order valence-electron chi connectivity index (χ2n) is 10.2. The molecule has 2 fully saturated rings. The fraction of sp³-hybridized carbons (Fsp3) is 0.476. The second-order valence-corrected chi connectivity index (χ2v) is 14.4. The molecule has 48 heavy (non-hydrogen) atoms. The summed E-state index contributed by atoms with van der Waals surface area (Å²) in [6.07, 6.45) is -8.76. The highest BCUT2D eigenvalue weighted by Crippen LogP contribution is 2.61. The van der Waals surface area contributed by atoms with Crippen molar-refractivity contribution >= 4 is 46.4 Å². The largest absolute Gasteiger partial charge is 0.481 e. The monoisotopic (exact) mass is 745 g/mol. The number of nitrogens with zero attached hydrogens (tertiary/aromatic N) is 5. The van der Waals surface area contributed by atoms with E-state index >= 15 is 0 Å². The van der Waals surface area contributed by atoms with E-state index < -0.39 is 91.7 Å². The first-order valence-corrected chi connectivity index (χ1v) is 17.8. The van der Waals surface area contributed by atoms with Gasteiger partial charge < -0.3 is 55.2 Å². The molecule has 2 aliphatic heterocycles. The van der Waals surface area contributed by atoms with Crippen LogP contribution < -0.4 is 10.3 Å². The standard InChI is InChI=1S/C21H27N6O18P3/c22-17-12-18(24-7-23-17)27(8-25-12)20-16(44-46(33,34)35)14(29)11(43-20)6-41-48(38,39)45-47(36,37)40-5-10-13(28)15(30)19(42-10)26-3-1-2-9(4-26)21(31)32/h1-4,7-8,10-11,13-16,19-20,28-30H,5-6H2,(H6-,22,23,24,31,32,33,34,35,36,37,38,39)/p+1/t10?,11-,13-,14-,15-,16-,19?,20-/m1/s1. The van der Waals surface area contributed by atoms with Crippen LogP contribution >= 0.6 is 23.5 Å². The molecule has 264 valence electrons. The third-order valence-corrected chi connectivity index (χ3v) is 10.1. The normalized spacial score (nSPS) is 30.3. The summed E-state index contributed by atoms with van der Waals surface area (Å²) in [5, 5.41) is 40.6. The predicted octanol–water partition coefficient (Wildman–Crippen LogP) is -2.30. The van der Waals surface area contributed by atoms with Crippen molar-refractivity contribution in [1.29, 1.82) is 0 Å². The Morgan fingerprint density at radius 2 is 1.60 bits per heavy atom. The molecule has 3 aromatic rings. The van der Waals surface area contributed by atoms with Crippen LogP contribution in [0, 0.1) is 0 Å². The highest BCUT2D eigenvalue weighted by Gasteiger charge is 2.51. The van der Waals surface area contributed by atoms with Crippen molar-refractivity contribution in [2.45, 2.75) is 49.1 Å². The van der Waals surface area contributed by atoms with Gasteiger partial charge in [0, 0.05) is 6.07 Å². The average molecular weight is 745 g/mol. The summed E-state index contributed by atoms with van der Waals surface area (Å²) in [6, 6.07) is 2.58. The molecule has 0 bridgehead atoms. The molecule has 4 unspecified atom stereocenters. The first kappa shape index (κ1) is 36.4. The quantitative estimate of drug-likeness (QED) is 0.0656. The summed E-state index contributed by atoms with van der Waals surface area (Å²) in [5.74, 6) is -1.35. The maximum absolute atomic E-state index is 12.6. The Balaban J connectivity index is 1.21. The van der Waals surface area contributed by atoms with Crippen LogP contribution in [0.5, 0.6) is 0 Å². The molecule has 5 rings (SSSR count). The molecule has 2 aliphatic rings. The van der Waals surface area contributed by atoms with Gasteiger partial charge in [-0.2, -0.15) is 8.88 Å². The third kappa shape index (κ3) is 8.12. The lowest BCUT2D eigenvalue weighted by molar-refractivity contribution is -0.765. The van der Waals surface area contributed by atoms with E-state index in [9.17, 15) is 58.5 Å². The molecule has 27 heteroatoms. The number of carbonyl (C=O) groups is 1. The van der Waals surface area contributed by atoms with Crippen molar-refractivity contribution in [3.63, 3.8) is 0 Å². The third-order valence-electron chi connectivity index (χ3n) is 6.94. The van der Waals surface area contributed by atoms with Gasteiger partial charge in [0.05, 0.1) is 19.5 Å². The van der Waals surface area contributed by atoms with E-state index in [1.165, 1.54) is 18.3 Å². The van der Waals surface area contributed by atoms with Gasteiger partial charge in [0.15, 0.2) is 36.2 Å². The zero-order valence-electron chi connectivity index (χ0n) is 23.8. The summed E-state index contributed by atoms with van der Waals surface area (Å²) in [7, 11) is -16.3. The number of hydrogen-bond acceptors (Lipinski definition) is 17. The summed E-state index contributed by atoms with van der Waals surface area (Å²) < 4.78 is 68.2. The number of rotatable bonds is 13. The van der Waals surface area contributed by atoms with Gasteiger partial charge in [0.2, 0.25) is 0 Å². The first-order chi connectivity index (χ1) is 22.4. The van der Waals surface area contributed by atoms with E-state index in [2.05, 4.69) is 32.8 Å². The minimum atomic E-state index is -5.54. The maximum atomic E-state index is 12.6. The number of pyridine rings is 1. The van der Waals surface area contributed by atoms with Crippen LogP contribution in [0.15, 0.2) is 37.2 Å². The summed E-state index contributed by atoms with van der Waals surface area (Å²) in [6.45, 7) is -2.07. The van der Waals surface area contributed by atoms with Crippen molar-refractivity contribution < 1.29 is 90.4 Å². The molecular formula is C21H28N6O18P3+. The van der Waals surface area contributed by atoms with Crippen LogP contribution in [0.25, 0.3) is 11.2 Å². The van der Waals surface area contributed by atoms with E-state index in [1.807, 2.05) is 0 Å². The zero-order valence-corrected chi connectivity index (χ0v) is 26.5. The minimum Gasteiger partial charge on any atom is -0.477 e. The van der Waals surface area contributed by atoms with Gasteiger partial charge in [-0.25, -0.2) is 33.4 Å². The van der Waals surface area contributed by atoms with Crippen molar-refractivity contribution in [2.75, 3.05) is 18.9 Å². The Morgan fingerprint density at radius 1 is 0.958 bits per heavy atom. The molecule has 0 saturated carbocycles. The average Bonchev–Trinajstić information content (AvgIpc) is 3.64. The minimum absolute atomic E-state index is 0.00214. The number of imidazole rings is 1. The Kier molecular flexibility index (Phi) is 10.5. The molecule has 0 aromatic carbocycles. The molecule has 3 aromatic heterocycles. The molecule has 0 aliphatic carbocycles. The molecular weight excluding hydrogens is 717 g/mol. The van der Waals surface area contributed by atoms with Gasteiger partial charge in [0.1, 0.15) is 47.9 Å². The number of phosphoric acid groups is 3. The van der Waals surface area contributed by atoms with Gasteiger partial charge in [0.25, 0.3) is 6.23 Å². The fourth-order valence-corrected chi connectivity index (χ4v) is 7.45. The van der Waals surface area contributed by atoms with Crippen LogP contribution in [0.3, 0.4) is 0 Å². The van der Waals surface area contributed by atoms with E-state index in [0.29, 0.717) is 0 Å². The number of aromatic carboxylic acids is 1. The smallest absolute Gasteiger partial charge is 0.477 e. The van der Waals surface area contributed by atoms with Gasteiger partial charge in [-0.3, -0.25) is 18.1 Å². The highest BCUT2D eigenvalue weighted by molar-refractivity contribution is 7.61. The van der Waals surface area contributed by atoms with Crippen molar-refractivity contribution in [3.8, 4) is 0 Å². The molecule has 0 spiro atoms. The van der Waals surface area contributed by atoms with E-state index in [-0.39, 0.29) is 22.5 Å². The number of aliphatic hydroxyl groups excluding tert-OH is 3. The number of carboxylic acid groups (broad SMARTS) is 1. The van der Waals surface area contributed by atoms with Crippen molar-refractivity contribution in [2.24, 2.45) is 0 Å². The molecule has 24 nitrogen and oxygen atoms in total. The molecule has 0 amide bonds. The Labute approximate surface area is 267 Å². The van der Waals surface area contributed by atoms with Crippen LogP contribution in [-0.2, 0) is 41.1 Å². The van der Waals surface area contributed by atoms with Crippen LogP contribution in [0.1, 0.15) is 22.8 Å². The second kappa shape index (κ2) is 13.8. The number of aromatic nitrogens is 5. The zero-order chi connectivity index (χ0) is 35.2. The Morgan fingerprint density at radius 3 is 2.23 bits per heavy atom. The van der Waals surface area contributed by atoms with Crippen LogP contribution in [0.2, 0.25) is 0 Å². The molecule has 10 atom stereocenters. The molecule has 2 saturated heterocycles. The van der Waals surface area contributed by atoms with Gasteiger partial charge in [-0.1, -0.05) is 0 Å². The number of nitrogen functional groups attached to an aromatic ring is 1. The lowest BCUT2D eigenvalue weighted by Crippen LogP contribution is -2.46. The van der Waals surface area contributed by atoms with Crippen LogP contribution in [0.4, 0.5) is 5.82 Å². The number of anilines is 1. The van der Waals surface area contributed by atoms with Gasteiger partial charge in [-0.15, -0.1) is 0 Å². The Bertz CT molecular complexity index is 1810. The number of nitrogens with two attached hydrogens (primary N) is 1. The molecule has 10 N–H and O–H groups in total. The highest BCUT2D eigenvalue weighted by atomic mass is 31.3. The number of aliphatic hydroxyl groups is 3. The van der Waals surface area contributed by atoms with Crippen molar-refractivity contribution in [1.82, 2.24) is 19.5 Å². The first-order valence-electron chi connectivity index (χ1n) is 13.3. The number of hydrogen-bond donors (Lipinski definition) is 9. The predicted molar refractivity (Wildman–Crippen MR) is 149 cm³/mol. The maximum Gasteiger partial charge on any atom is 0.481 e. The molecule has 0 radical (unpaired) electrons. The topological polar surface area (TPSA) is 359 Å². The van der Waals surface area contributed by atoms with Crippen molar-refractivity contribution in [3.05, 3.63) is 42.7 Å². The number of carboxylic acids is 1. The van der Waals surface area contributed by atoms with Gasteiger partial charge in [-0.05, 0) is 6.07 Å². The van der Waals surface area contributed by atoms with E-state index in [1.54, 1.807) is 0 Å². The lowest BCUT2D eigenvalue weighted by Gasteiger charge is -2.22. The number of ether oxygens (including phenoxy) is 2. The summed E-state index contributed by atoms with van der Waals surface area (Å²) >= 11 is 0. The summed E-state index contributed by atoms with van der Waals surface area (Å²) in [5.41, 5.74) is 5.63. The SMILES string of the molecule is Nc1ncnc2c1ncn2[C@@H]1O[C@H](COP(=O)(O)OP(=O)(O)OCC2OC([n+]3cccc(C(=O)O)c3)[C@H](O)[C@@H]2O)[C@@H](O)[C@H]1OP(=O)(O)O. The lowest BCUT2D eigenvalue weighted by atomic mass is 10.1.